The summed E-state index contributed by atoms with van der Waals surface area (Å²) in [4.78, 5) is 17.5. The van der Waals surface area contributed by atoms with Crippen LogP contribution in [-0.4, -0.2) is 34.9 Å². The largest absolute Gasteiger partial charge is 0.357 e. The summed E-state index contributed by atoms with van der Waals surface area (Å²) >= 11 is 0. The molecule has 1 aromatic carbocycles. The van der Waals surface area contributed by atoms with Gasteiger partial charge in [0.1, 0.15) is 5.69 Å². The summed E-state index contributed by atoms with van der Waals surface area (Å²) in [5.41, 5.74) is 8.70. The van der Waals surface area contributed by atoms with Gasteiger partial charge in [0.2, 0.25) is 0 Å². The fraction of sp³-hybridized carbons (Fsp3) is 0.389. The number of aromatic nitrogens is 1. The first-order chi connectivity index (χ1) is 12.0. The highest BCUT2D eigenvalue weighted by atomic mass is 19.2. The molecular weight excluding hydrogens is 326 g/mol. The number of aromatic amines is 1. The van der Waals surface area contributed by atoms with Gasteiger partial charge in [0, 0.05) is 31.2 Å². The lowest BCUT2D eigenvalue weighted by Crippen LogP contribution is -2.47. The number of likely N-dealkylation sites (tertiary alicyclic amines) is 1. The average molecular weight is 346 g/mol. The second kappa shape index (κ2) is 6.24. The molecule has 7 heteroatoms. The summed E-state index contributed by atoms with van der Waals surface area (Å²) in [7, 11) is 0. The molecule has 3 atom stereocenters. The molecule has 0 saturated carbocycles. The predicted octanol–water partition coefficient (Wildman–Crippen LogP) is 2.28. The minimum Gasteiger partial charge on any atom is -0.357 e. The molecule has 3 N–H and O–H groups in total. The van der Waals surface area contributed by atoms with Crippen LogP contribution in [0.4, 0.5) is 8.78 Å². The quantitative estimate of drug-likeness (QED) is 0.782. The monoisotopic (exact) mass is 346 g/mol. The van der Waals surface area contributed by atoms with Crippen LogP contribution in [0.2, 0.25) is 0 Å². The van der Waals surface area contributed by atoms with Gasteiger partial charge in [0.05, 0.1) is 6.04 Å². The second-order valence-corrected chi connectivity index (χ2v) is 6.84. The van der Waals surface area contributed by atoms with Gasteiger partial charge in [0.15, 0.2) is 11.6 Å². The number of carbonyl (C=O) groups is 1. The van der Waals surface area contributed by atoms with Crippen molar-refractivity contribution in [3.05, 3.63) is 58.9 Å². The van der Waals surface area contributed by atoms with Crippen LogP contribution < -0.4 is 10.9 Å². The van der Waals surface area contributed by atoms with E-state index in [-0.39, 0.29) is 23.9 Å². The number of rotatable bonds is 2. The van der Waals surface area contributed by atoms with Crippen LogP contribution in [0.5, 0.6) is 0 Å². The summed E-state index contributed by atoms with van der Waals surface area (Å²) in [5, 5.41) is 0. The maximum atomic E-state index is 13.6. The number of amides is 1. The lowest BCUT2D eigenvalue weighted by molar-refractivity contribution is 0.0647. The van der Waals surface area contributed by atoms with Gasteiger partial charge in [-0.25, -0.2) is 14.2 Å². The van der Waals surface area contributed by atoms with Crippen LogP contribution in [0.15, 0.2) is 30.5 Å². The van der Waals surface area contributed by atoms with Crippen LogP contribution in [0.1, 0.15) is 34.1 Å². The molecule has 3 unspecified atom stereocenters. The molecule has 2 aliphatic rings. The van der Waals surface area contributed by atoms with E-state index in [9.17, 15) is 13.6 Å². The molecule has 2 aromatic rings. The van der Waals surface area contributed by atoms with Crippen molar-refractivity contribution in [3.8, 4) is 0 Å². The highest BCUT2D eigenvalue weighted by molar-refractivity contribution is 5.92. The Labute approximate surface area is 144 Å². The van der Waals surface area contributed by atoms with E-state index in [0.29, 0.717) is 24.3 Å². The third kappa shape index (κ3) is 2.94. The molecule has 1 amide bonds. The van der Waals surface area contributed by atoms with E-state index in [2.05, 4.69) is 15.8 Å². The van der Waals surface area contributed by atoms with E-state index in [4.69, 9.17) is 0 Å². The van der Waals surface area contributed by atoms with Gasteiger partial charge in [-0.05, 0) is 42.7 Å². The topological polar surface area (TPSA) is 60.2 Å². The normalized spacial score (nSPS) is 25.9. The Morgan fingerprint density at radius 3 is 2.76 bits per heavy atom. The smallest absolute Gasteiger partial charge is 0.270 e. The maximum absolute atomic E-state index is 13.6. The number of H-pyrrole nitrogens is 1. The number of fused-ring (bicyclic) bond motifs is 1. The summed E-state index contributed by atoms with van der Waals surface area (Å²) in [5.74, 6) is -1.64. The molecule has 2 aliphatic heterocycles. The zero-order chi connectivity index (χ0) is 17.6. The van der Waals surface area contributed by atoms with Crippen molar-refractivity contribution in [1.82, 2.24) is 20.7 Å². The van der Waals surface area contributed by atoms with Crippen LogP contribution in [0.25, 0.3) is 0 Å². The lowest BCUT2D eigenvalue weighted by Gasteiger charge is -2.36. The number of hydrogen-bond acceptors (Lipinski definition) is 3. The number of halogens is 2. The van der Waals surface area contributed by atoms with Crippen molar-refractivity contribution in [3.63, 3.8) is 0 Å². The van der Waals surface area contributed by atoms with Gasteiger partial charge in [-0.3, -0.25) is 10.2 Å². The number of piperidine rings is 1. The van der Waals surface area contributed by atoms with Crippen molar-refractivity contribution < 1.29 is 13.6 Å². The Hall–Kier alpha value is -2.25. The fourth-order valence-corrected chi connectivity index (χ4v) is 3.82. The molecule has 2 saturated heterocycles. The molecule has 25 heavy (non-hydrogen) atoms. The Balaban J connectivity index is 1.54. The van der Waals surface area contributed by atoms with Gasteiger partial charge in [0.25, 0.3) is 5.91 Å². The molecule has 0 bridgehead atoms. The molecule has 0 radical (unpaired) electrons. The Bertz CT molecular complexity index is 806. The maximum Gasteiger partial charge on any atom is 0.270 e. The minimum atomic E-state index is -0.853. The van der Waals surface area contributed by atoms with E-state index in [1.165, 1.54) is 6.07 Å². The Morgan fingerprint density at radius 2 is 2.04 bits per heavy atom. The first-order valence-electron chi connectivity index (χ1n) is 8.43. The number of aryl methyl sites for hydroxylation is 1. The zero-order valence-electron chi connectivity index (χ0n) is 13.9. The van der Waals surface area contributed by atoms with Crippen LogP contribution in [-0.2, 0) is 0 Å². The van der Waals surface area contributed by atoms with E-state index >= 15 is 0 Å². The first-order valence-corrected chi connectivity index (χ1v) is 8.43. The number of hydrogen-bond donors (Lipinski definition) is 3. The third-order valence-corrected chi connectivity index (χ3v) is 5.16. The van der Waals surface area contributed by atoms with Crippen molar-refractivity contribution in [2.45, 2.75) is 25.4 Å². The van der Waals surface area contributed by atoms with Crippen LogP contribution >= 0.6 is 0 Å². The second-order valence-electron chi connectivity index (χ2n) is 6.84. The number of hydrazine groups is 1. The molecule has 0 aliphatic carbocycles. The molecule has 4 rings (SSSR count). The van der Waals surface area contributed by atoms with Crippen LogP contribution in [0.3, 0.4) is 0 Å². The van der Waals surface area contributed by atoms with Crippen LogP contribution in [0, 0.1) is 24.5 Å². The molecule has 1 aromatic heterocycles. The summed E-state index contributed by atoms with van der Waals surface area (Å²) in [6.45, 7) is 3.16. The van der Waals surface area contributed by atoms with Gasteiger partial charge in [-0.1, -0.05) is 6.07 Å². The van der Waals surface area contributed by atoms with Crippen molar-refractivity contribution in [1.29, 1.82) is 0 Å². The average Bonchev–Trinajstić information content (AvgIpc) is 3.22. The van der Waals surface area contributed by atoms with Gasteiger partial charge in [-0.2, -0.15) is 0 Å². The molecular formula is C18H20F2N4O. The molecule has 3 heterocycles. The third-order valence-electron chi connectivity index (χ3n) is 5.16. The zero-order valence-corrected chi connectivity index (χ0v) is 13.9. The highest BCUT2D eigenvalue weighted by Crippen LogP contribution is 2.34. The number of nitrogens with zero attached hydrogens (tertiary/aromatic N) is 1. The highest BCUT2D eigenvalue weighted by Gasteiger charge is 2.42. The van der Waals surface area contributed by atoms with E-state index in [1.807, 2.05) is 24.1 Å². The van der Waals surface area contributed by atoms with E-state index in [1.54, 1.807) is 6.07 Å². The van der Waals surface area contributed by atoms with Crippen molar-refractivity contribution >= 4 is 5.91 Å². The van der Waals surface area contributed by atoms with Crippen molar-refractivity contribution in [2.24, 2.45) is 5.92 Å². The summed E-state index contributed by atoms with van der Waals surface area (Å²) in [6.07, 6.45) is 2.62. The number of nitrogens with one attached hydrogen (secondary N) is 3. The first kappa shape index (κ1) is 16.2. The van der Waals surface area contributed by atoms with Gasteiger partial charge in [-0.15, -0.1) is 0 Å². The molecule has 0 spiro atoms. The predicted molar refractivity (Wildman–Crippen MR) is 88.7 cm³/mol. The number of benzene rings is 1. The molecule has 2 fully saturated rings. The van der Waals surface area contributed by atoms with E-state index < -0.39 is 11.6 Å². The summed E-state index contributed by atoms with van der Waals surface area (Å²) in [6, 6.07) is 5.84. The van der Waals surface area contributed by atoms with Gasteiger partial charge >= 0.3 is 0 Å². The Kier molecular flexibility index (Phi) is 4.05. The Morgan fingerprint density at radius 1 is 1.20 bits per heavy atom. The lowest BCUT2D eigenvalue weighted by atomic mass is 9.85. The van der Waals surface area contributed by atoms with Gasteiger partial charge < -0.3 is 9.88 Å². The molecule has 132 valence electrons. The fourth-order valence-electron chi connectivity index (χ4n) is 3.82. The van der Waals surface area contributed by atoms with Crippen molar-refractivity contribution in [2.75, 3.05) is 13.1 Å². The summed E-state index contributed by atoms with van der Waals surface area (Å²) < 4.78 is 26.8. The standard InChI is InChI=1S/C18H20F2N4O/c1-10-6-16(21-8-10)18(25)24-5-4-15-12(9-24)17(23-22-15)11-2-3-13(19)14(20)7-11/h2-3,6-8,12,15,17,21-23H,4-5,9H2,1H3. The van der Waals surface area contributed by atoms with E-state index in [0.717, 1.165) is 18.1 Å². The number of carbonyl (C=O) groups excluding carboxylic acids is 1. The molecule has 5 nitrogen and oxygen atoms in total. The SMILES string of the molecule is Cc1c[nH]c(C(=O)N2CCC3NNC(c4ccc(F)c(F)c4)C3C2)c1. The minimum absolute atomic E-state index is 0.0255.